The van der Waals surface area contributed by atoms with Gasteiger partial charge in [0.25, 0.3) is 0 Å². The monoisotopic (exact) mass is 294 g/mol. The zero-order chi connectivity index (χ0) is 13.8. The van der Waals surface area contributed by atoms with E-state index >= 15 is 0 Å². The number of hydrogen-bond donors (Lipinski definition) is 1. The van der Waals surface area contributed by atoms with Gasteiger partial charge in [-0.25, -0.2) is 4.98 Å². The van der Waals surface area contributed by atoms with Gasteiger partial charge in [0, 0.05) is 28.6 Å². The van der Waals surface area contributed by atoms with Crippen molar-refractivity contribution in [2.24, 2.45) is 0 Å². The Hall–Kier alpha value is -0.900. The topological polar surface area (TPSA) is 24.9 Å². The van der Waals surface area contributed by atoms with Crippen LogP contribution in [0.2, 0.25) is 5.02 Å². The van der Waals surface area contributed by atoms with E-state index in [0.717, 1.165) is 29.2 Å². The third-order valence-electron chi connectivity index (χ3n) is 3.09. The zero-order valence-electron chi connectivity index (χ0n) is 11.5. The Balaban J connectivity index is 2.21. The third-order valence-corrected chi connectivity index (χ3v) is 4.49. The lowest BCUT2D eigenvalue weighted by Gasteiger charge is -2.18. The summed E-state index contributed by atoms with van der Waals surface area (Å²) in [6, 6.07) is 6.56. The van der Waals surface area contributed by atoms with Crippen molar-refractivity contribution in [2.75, 3.05) is 6.54 Å². The van der Waals surface area contributed by atoms with Crippen molar-refractivity contribution in [1.82, 2.24) is 10.3 Å². The van der Waals surface area contributed by atoms with Crippen molar-refractivity contribution in [2.45, 2.75) is 33.2 Å². The predicted octanol–water partition coefficient (Wildman–Crippen LogP) is 4.31. The number of benzene rings is 1. The summed E-state index contributed by atoms with van der Waals surface area (Å²) in [5, 5.41) is 7.61. The first-order valence-electron chi connectivity index (χ1n) is 6.50. The molecule has 0 radical (unpaired) electrons. The molecule has 0 bridgehead atoms. The number of aryl methyl sites for hydroxylation is 2. The van der Waals surface area contributed by atoms with E-state index in [1.54, 1.807) is 11.3 Å². The Bertz CT molecular complexity index is 551. The molecule has 0 saturated heterocycles. The molecule has 1 heterocycles. The summed E-state index contributed by atoms with van der Waals surface area (Å²) in [5.74, 6) is 0. The van der Waals surface area contributed by atoms with Crippen LogP contribution in [0.4, 0.5) is 0 Å². The zero-order valence-corrected chi connectivity index (χ0v) is 13.1. The van der Waals surface area contributed by atoms with E-state index in [4.69, 9.17) is 11.6 Å². The van der Waals surface area contributed by atoms with Gasteiger partial charge in [0.05, 0.1) is 5.01 Å². The maximum absolute atomic E-state index is 6.22. The van der Waals surface area contributed by atoms with Crippen LogP contribution in [-0.4, -0.2) is 11.5 Å². The maximum Gasteiger partial charge on any atom is 0.0947 e. The summed E-state index contributed by atoms with van der Waals surface area (Å²) in [4.78, 5) is 4.54. The number of thiazole rings is 1. The van der Waals surface area contributed by atoms with Gasteiger partial charge in [-0.15, -0.1) is 11.3 Å². The molecule has 19 heavy (non-hydrogen) atoms. The van der Waals surface area contributed by atoms with E-state index in [1.807, 2.05) is 13.8 Å². The molecule has 0 amide bonds. The van der Waals surface area contributed by atoms with E-state index in [-0.39, 0.29) is 6.04 Å². The van der Waals surface area contributed by atoms with Crippen molar-refractivity contribution in [3.8, 4) is 0 Å². The molecule has 4 heteroatoms. The molecule has 2 nitrogen and oxygen atoms in total. The molecule has 1 N–H and O–H groups in total. The Morgan fingerprint density at radius 2 is 2.16 bits per heavy atom. The fraction of sp³-hybridized carbons (Fsp3) is 0.400. The van der Waals surface area contributed by atoms with E-state index in [0.29, 0.717) is 0 Å². The average molecular weight is 295 g/mol. The fourth-order valence-electron chi connectivity index (χ4n) is 2.05. The smallest absolute Gasteiger partial charge is 0.0947 e. The van der Waals surface area contributed by atoms with Gasteiger partial charge in [-0.05, 0) is 37.6 Å². The minimum Gasteiger partial charge on any atom is -0.310 e. The molecule has 102 valence electrons. The predicted molar refractivity (Wildman–Crippen MR) is 83.2 cm³/mol. The van der Waals surface area contributed by atoms with E-state index < -0.39 is 0 Å². The van der Waals surface area contributed by atoms with Gasteiger partial charge < -0.3 is 5.32 Å². The third kappa shape index (κ3) is 3.78. The second-order valence-electron chi connectivity index (χ2n) is 4.71. The first-order chi connectivity index (χ1) is 9.10. The van der Waals surface area contributed by atoms with Crippen molar-refractivity contribution in [3.05, 3.63) is 50.4 Å². The summed E-state index contributed by atoms with van der Waals surface area (Å²) in [5.41, 5.74) is 3.44. The van der Waals surface area contributed by atoms with Gasteiger partial charge in [-0.3, -0.25) is 0 Å². The van der Waals surface area contributed by atoms with Crippen molar-refractivity contribution < 1.29 is 0 Å². The number of halogens is 1. The van der Waals surface area contributed by atoms with Crippen LogP contribution in [-0.2, 0) is 6.42 Å². The van der Waals surface area contributed by atoms with Crippen LogP contribution in [0, 0.1) is 13.8 Å². The van der Waals surface area contributed by atoms with E-state index in [2.05, 4.69) is 40.8 Å². The molecule has 0 aliphatic heterocycles. The summed E-state index contributed by atoms with van der Waals surface area (Å²) < 4.78 is 0. The molecule has 1 unspecified atom stereocenters. The molecule has 0 spiro atoms. The fourth-order valence-corrected chi connectivity index (χ4v) is 3.06. The lowest BCUT2D eigenvalue weighted by molar-refractivity contribution is 0.548. The number of nitrogens with one attached hydrogen (secondary N) is 1. The number of aromatic nitrogens is 1. The van der Waals surface area contributed by atoms with Crippen molar-refractivity contribution >= 4 is 22.9 Å². The molecule has 1 aromatic carbocycles. The first kappa shape index (κ1) is 14.5. The molecular formula is C15H19ClN2S. The van der Waals surface area contributed by atoms with E-state index in [9.17, 15) is 0 Å². The van der Waals surface area contributed by atoms with Crippen LogP contribution < -0.4 is 5.32 Å². The lowest BCUT2D eigenvalue weighted by Crippen LogP contribution is -2.23. The highest BCUT2D eigenvalue weighted by Crippen LogP contribution is 2.25. The van der Waals surface area contributed by atoms with Gasteiger partial charge in [0.15, 0.2) is 0 Å². The average Bonchev–Trinajstić information content (AvgIpc) is 2.78. The highest BCUT2D eigenvalue weighted by molar-refractivity contribution is 7.09. The number of rotatable bonds is 5. The largest absolute Gasteiger partial charge is 0.310 e. The summed E-state index contributed by atoms with van der Waals surface area (Å²) in [6.07, 6.45) is 0.908. The Morgan fingerprint density at radius 1 is 1.37 bits per heavy atom. The summed E-state index contributed by atoms with van der Waals surface area (Å²) in [7, 11) is 0. The molecular weight excluding hydrogens is 276 g/mol. The SMILES string of the molecule is CCNC(Cc1nc(C)cs1)c1ccc(C)c(Cl)c1. The number of hydrogen-bond acceptors (Lipinski definition) is 3. The van der Waals surface area contributed by atoms with Crippen LogP contribution >= 0.6 is 22.9 Å². The molecule has 2 aromatic rings. The minimum absolute atomic E-state index is 0.272. The molecule has 1 aromatic heterocycles. The van der Waals surface area contributed by atoms with Crippen LogP contribution in [0.3, 0.4) is 0 Å². The number of nitrogens with zero attached hydrogens (tertiary/aromatic N) is 1. The van der Waals surface area contributed by atoms with E-state index in [1.165, 1.54) is 10.6 Å². The second-order valence-corrected chi connectivity index (χ2v) is 6.06. The van der Waals surface area contributed by atoms with Gasteiger partial charge in [-0.2, -0.15) is 0 Å². The van der Waals surface area contributed by atoms with Crippen LogP contribution in [0.5, 0.6) is 0 Å². The quantitative estimate of drug-likeness (QED) is 0.889. The molecule has 0 aliphatic rings. The second kappa shape index (κ2) is 6.51. The lowest BCUT2D eigenvalue weighted by atomic mass is 10.0. The van der Waals surface area contributed by atoms with Gasteiger partial charge >= 0.3 is 0 Å². The summed E-state index contributed by atoms with van der Waals surface area (Å²) >= 11 is 7.95. The standard InChI is InChI=1S/C15H19ClN2S/c1-4-17-14(8-15-18-11(3)9-19-15)12-6-5-10(2)13(16)7-12/h5-7,9,14,17H,4,8H2,1-3H3. The maximum atomic E-state index is 6.22. The van der Waals surface area contributed by atoms with Crippen LogP contribution in [0.15, 0.2) is 23.6 Å². The van der Waals surface area contributed by atoms with Crippen LogP contribution in [0.1, 0.15) is 34.8 Å². The highest BCUT2D eigenvalue weighted by Gasteiger charge is 2.14. The van der Waals surface area contributed by atoms with Crippen molar-refractivity contribution in [3.63, 3.8) is 0 Å². The Labute approximate surface area is 123 Å². The Morgan fingerprint density at radius 3 is 2.74 bits per heavy atom. The molecule has 0 aliphatic carbocycles. The van der Waals surface area contributed by atoms with Crippen molar-refractivity contribution in [1.29, 1.82) is 0 Å². The number of likely N-dealkylation sites (N-methyl/N-ethyl adjacent to an activating group) is 1. The first-order valence-corrected chi connectivity index (χ1v) is 7.76. The minimum atomic E-state index is 0.272. The molecule has 1 atom stereocenters. The van der Waals surface area contributed by atoms with Gasteiger partial charge in [0.2, 0.25) is 0 Å². The normalized spacial score (nSPS) is 12.6. The molecule has 2 rings (SSSR count). The Kier molecular flexibility index (Phi) is 4.97. The molecule has 0 saturated carbocycles. The van der Waals surface area contributed by atoms with Gasteiger partial charge in [-0.1, -0.05) is 30.7 Å². The van der Waals surface area contributed by atoms with Gasteiger partial charge in [0.1, 0.15) is 0 Å². The molecule has 0 fully saturated rings. The highest BCUT2D eigenvalue weighted by atomic mass is 35.5. The summed E-state index contributed by atoms with van der Waals surface area (Å²) in [6.45, 7) is 7.11. The van der Waals surface area contributed by atoms with Crippen LogP contribution in [0.25, 0.3) is 0 Å².